The summed E-state index contributed by atoms with van der Waals surface area (Å²) in [6.07, 6.45) is 3.70. The second-order valence-electron chi connectivity index (χ2n) is 6.98. The van der Waals surface area contributed by atoms with Gasteiger partial charge in [0.25, 0.3) is 11.8 Å². The number of anilines is 1. The molecule has 0 spiro atoms. The van der Waals surface area contributed by atoms with Crippen LogP contribution in [0.25, 0.3) is 5.57 Å². The van der Waals surface area contributed by atoms with E-state index < -0.39 is 0 Å². The van der Waals surface area contributed by atoms with Crippen molar-refractivity contribution >= 4 is 34.4 Å². The highest BCUT2D eigenvalue weighted by atomic mass is 32.1. The molecule has 1 aromatic carbocycles. The molecule has 0 bridgehead atoms. The molecule has 0 fully saturated rings. The van der Waals surface area contributed by atoms with Crippen molar-refractivity contribution in [2.45, 2.75) is 39.5 Å². The van der Waals surface area contributed by atoms with Crippen molar-refractivity contribution < 1.29 is 14.3 Å². The van der Waals surface area contributed by atoms with Gasteiger partial charge >= 0.3 is 0 Å². The summed E-state index contributed by atoms with van der Waals surface area (Å²) in [4.78, 5) is 28.3. The second kappa shape index (κ2) is 10.4. The minimum absolute atomic E-state index is 0.237. The SMILES string of the molecule is CCCCOCCCN1C(=O)C(Nc2ccc(CC)cc2)=C(c2cccs2)C1=O. The van der Waals surface area contributed by atoms with Gasteiger partial charge in [-0.25, -0.2) is 0 Å². The summed E-state index contributed by atoms with van der Waals surface area (Å²) in [5.41, 5.74) is 2.84. The zero-order chi connectivity index (χ0) is 20.6. The summed E-state index contributed by atoms with van der Waals surface area (Å²) in [5.74, 6) is -0.509. The van der Waals surface area contributed by atoms with E-state index in [9.17, 15) is 9.59 Å². The Hall–Kier alpha value is -2.44. The highest BCUT2D eigenvalue weighted by Crippen LogP contribution is 2.33. The molecule has 0 saturated carbocycles. The molecule has 0 atom stereocenters. The second-order valence-corrected chi connectivity index (χ2v) is 7.93. The first-order chi connectivity index (χ1) is 14.2. The lowest BCUT2D eigenvalue weighted by Gasteiger charge is -2.15. The molecule has 2 heterocycles. The number of ether oxygens (including phenoxy) is 1. The quantitative estimate of drug-likeness (QED) is 0.429. The molecule has 1 aliphatic rings. The lowest BCUT2D eigenvalue weighted by atomic mass is 10.1. The molecule has 2 aromatic rings. The van der Waals surface area contributed by atoms with Crippen molar-refractivity contribution in [1.82, 2.24) is 4.90 Å². The van der Waals surface area contributed by atoms with Crippen LogP contribution in [0.2, 0.25) is 0 Å². The number of carbonyl (C=O) groups is 2. The smallest absolute Gasteiger partial charge is 0.278 e. The van der Waals surface area contributed by atoms with Gasteiger partial charge in [0.2, 0.25) is 0 Å². The van der Waals surface area contributed by atoms with Crippen LogP contribution in [-0.4, -0.2) is 36.5 Å². The number of imide groups is 1. The molecule has 6 heteroatoms. The number of amides is 2. The van der Waals surface area contributed by atoms with Gasteiger partial charge in [-0.3, -0.25) is 14.5 Å². The average molecular weight is 413 g/mol. The summed E-state index contributed by atoms with van der Waals surface area (Å²) >= 11 is 1.46. The first-order valence-corrected chi connectivity index (χ1v) is 11.1. The number of unbranched alkanes of at least 4 members (excludes halogenated alkanes) is 1. The van der Waals surface area contributed by atoms with Crippen molar-refractivity contribution in [3.05, 3.63) is 57.9 Å². The van der Waals surface area contributed by atoms with E-state index in [1.807, 2.05) is 41.8 Å². The van der Waals surface area contributed by atoms with E-state index in [0.29, 0.717) is 30.8 Å². The van der Waals surface area contributed by atoms with E-state index in [-0.39, 0.29) is 11.8 Å². The fraction of sp³-hybridized carbons (Fsp3) is 0.391. The van der Waals surface area contributed by atoms with Crippen molar-refractivity contribution in [2.75, 3.05) is 25.1 Å². The Bertz CT molecular complexity index is 857. The summed E-state index contributed by atoms with van der Waals surface area (Å²) in [6, 6.07) is 11.7. The minimum atomic E-state index is -0.272. The first kappa shape index (κ1) is 21.3. The highest BCUT2D eigenvalue weighted by molar-refractivity contribution is 7.11. The molecule has 1 aromatic heterocycles. The summed E-state index contributed by atoms with van der Waals surface area (Å²) in [5, 5.41) is 5.12. The average Bonchev–Trinajstić information content (AvgIpc) is 3.33. The standard InChI is InChI=1S/C23H28N2O3S/c1-3-5-14-28-15-7-13-25-22(26)20(19-8-6-16-29-19)21(23(25)27)24-18-11-9-17(4-2)10-12-18/h6,8-12,16,24H,3-5,7,13-15H2,1-2H3. The maximum atomic E-state index is 13.1. The Morgan fingerprint density at radius 1 is 1.00 bits per heavy atom. The summed E-state index contributed by atoms with van der Waals surface area (Å²) in [6.45, 7) is 5.85. The van der Waals surface area contributed by atoms with Crippen LogP contribution in [0.5, 0.6) is 0 Å². The van der Waals surface area contributed by atoms with Crippen LogP contribution in [0.15, 0.2) is 47.5 Å². The molecule has 1 aliphatic heterocycles. The number of benzene rings is 1. The number of hydrogen-bond donors (Lipinski definition) is 1. The van der Waals surface area contributed by atoms with Crippen LogP contribution in [-0.2, 0) is 20.7 Å². The van der Waals surface area contributed by atoms with Crippen molar-refractivity contribution in [1.29, 1.82) is 0 Å². The number of carbonyl (C=O) groups excluding carboxylic acids is 2. The fourth-order valence-corrected chi connectivity index (χ4v) is 3.95. The number of hydrogen-bond acceptors (Lipinski definition) is 5. The number of aryl methyl sites for hydroxylation is 1. The Morgan fingerprint density at radius 3 is 2.41 bits per heavy atom. The van der Waals surface area contributed by atoms with E-state index in [1.54, 1.807) is 0 Å². The molecule has 1 N–H and O–H groups in total. The van der Waals surface area contributed by atoms with Crippen LogP contribution in [0, 0.1) is 0 Å². The van der Waals surface area contributed by atoms with Gasteiger partial charge < -0.3 is 10.1 Å². The van der Waals surface area contributed by atoms with Crippen LogP contribution in [0.4, 0.5) is 5.69 Å². The lowest BCUT2D eigenvalue weighted by Crippen LogP contribution is -2.34. The minimum Gasteiger partial charge on any atom is -0.381 e. The Morgan fingerprint density at radius 2 is 1.76 bits per heavy atom. The predicted molar refractivity (Wildman–Crippen MR) is 118 cm³/mol. The largest absolute Gasteiger partial charge is 0.381 e. The summed E-state index contributed by atoms with van der Waals surface area (Å²) in [7, 11) is 0. The zero-order valence-electron chi connectivity index (χ0n) is 17.1. The van der Waals surface area contributed by atoms with Gasteiger partial charge in [0.15, 0.2) is 0 Å². The predicted octanol–water partition coefficient (Wildman–Crippen LogP) is 4.71. The Labute approximate surface area is 176 Å². The van der Waals surface area contributed by atoms with Crippen molar-refractivity contribution in [3.63, 3.8) is 0 Å². The maximum absolute atomic E-state index is 13.1. The van der Waals surface area contributed by atoms with Crippen LogP contribution >= 0.6 is 11.3 Å². The van der Waals surface area contributed by atoms with Crippen molar-refractivity contribution in [3.8, 4) is 0 Å². The van der Waals surface area contributed by atoms with Gasteiger partial charge in [0.05, 0.1) is 5.57 Å². The van der Waals surface area contributed by atoms with Gasteiger partial charge in [0.1, 0.15) is 5.70 Å². The topological polar surface area (TPSA) is 58.6 Å². The molecule has 2 amide bonds. The van der Waals surface area contributed by atoms with E-state index in [1.165, 1.54) is 21.8 Å². The van der Waals surface area contributed by atoms with E-state index in [4.69, 9.17) is 4.74 Å². The van der Waals surface area contributed by atoms with Gasteiger partial charge in [-0.15, -0.1) is 11.3 Å². The Balaban J connectivity index is 1.75. The van der Waals surface area contributed by atoms with E-state index >= 15 is 0 Å². The number of rotatable bonds is 11. The number of thiophene rings is 1. The third-order valence-corrected chi connectivity index (χ3v) is 5.77. The molecule has 0 aliphatic carbocycles. The van der Waals surface area contributed by atoms with Crippen molar-refractivity contribution in [2.24, 2.45) is 0 Å². The van der Waals surface area contributed by atoms with E-state index in [2.05, 4.69) is 19.2 Å². The van der Waals surface area contributed by atoms with Gasteiger partial charge in [0, 0.05) is 30.3 Å². The summed E-state index contributed by atoms with van der Waals surface area (Å²) < 4.78 is 5.57. The molecule has 29 heavy (non-hydrogen) atoms. The third-order valence-electron chi connectivity index (χ3n) is 4.88. The first-order valence-electron chi connectivity index (χ1n) is 10.2. The van der Waals surface area contributed by atoms with Gasteiger partial charge in [-0.2, -0.15) is 0 Å². The number of nitrogens with one attached hydrogen (secondary N) is 1. The zero-order valence-corrected chi connectivity index (χ0v) is 17.9. The molecule has 3 rings (SSSR count). The third kappa shape index (κ3) is 5.14. The molecule has 0 saturated heterocycles. The monoisotopic (exact) mass is 412 g/mol. The van der Waals surface area contributed by atoms with Crippen LogP contribution < -0.4 is 5.32 Å². The molecule has 154 valence electrons. The maximum Gasteiger partial charge on any atom is 0.278 e. The molecular formula is C23H28N2O3S. The van der Waals surface area contributed by atoms with Crippen LogP contribution in [0.3, 0.4) is 0 Å². The fourth-order valence-electron chi connectivity index (χ4n) is 3.19. The number of nitrogens with zero attached hydrogens (tertiary/aromatic N) is 1. The van der Waals surface area contributed by atoms with Crippen LogP contribution in [0.1, 0.15) is 43.6 Å². The highest BCUT2D eigenvalue weighted by Gasteiger charge is 2.39. The van der Waals surface area contributed by atoms with E-state index in [0.717, 1.165) is 36.4 Å². The molecule has 5 nitrogen and oxygen atoms in total. The molecule has 0 unspecified atom stereocenters. The molecular weight excluding hydrogens is 384 g/mol. The Kier molecular flexibility index (Phi) is 7.61. The van der Waals surface area contributed by atoms with Gasteiger partial charge in [-0.05, 0) is 48.4 Å². The van der Waals surface area contributed by atoms with Gasteiger partial charge in [-0.1, -0.05) is 38.5 Å². The molecule has 0 radical (unpaired) electrons. The lowest BCUT2D eigenvalue weighted by molar-refractivity contribution is -0.137. The normalized spacial score (nSPS) is 14.2.